The lowest BCUT2D eigenvalue weighted by Gasteiger charge is -2.23. The van der Waals surface area contributed by atoms with Gasteiger partial charge in [-0.1, -0.05) is 50.5 Å². The molecule has 3 atom stereocenters. The minimum Gasteiger partial charge on any atom is -0.497 e. The number of benzene rings is 2. The molecule has 0 aromatic heterocycles. The largest absolute Gasteiger partial charge is 0.497 e. The van der Waals surface area contributed by atoms with Gasteiger partial charge in [0.05, 0.1) is 26.9 Å². The maximum Gasteiger partial charge on any atom is 0.334 e. The van der Waals surface area contributed by atoms with Gasteiger partial charge in [0.15, 0.2) is 0 Å². The molecule has 1 heterocycles. The zero-order valence-corrected chi connectivity index (χ0v) is 24.8. The minimum absolute atomic E-state index is 0.0916. The summed E-state index contributed by atoms with van der Waals surface area (Å²) in [6.07, 6.45) is 5.25. The summed E-state index contributed by atoms with van der Waals surface area (Å²) < 4.78 is 22.9. The van der Waals surface area contributed by atoms with E-state index in [1.807, 2.05) is 48.5 Å². The predicted octanol–water partition coefficient (Wildman–Crippen LogP) is 5.82. The number of imide groups is 1. The zero-order chi connectivity index (χ0) is 28.9. The normalized spacial score (nSPS) is 15.9. The van der Waals surface area contributed by atoms with E-state index in [1.54, 1.807) is 7.11 Å². The lowest BCUT2D eigenvalue weighted by atomic mass is 10.0. The summed E-state index contributed by atoms with van der Waals surface area (Å²) in [4.78, 5) is 38.5. The molecule has 2 aromatic rings. The molecule has 218 valence electrons. The number of unbranched alkanes of at least 4 members (excludes halogenated alkanes) is 2. The number of ether oxygens (including phenoxy) is 4. The van der Waals surface area contributed by atoms with Gasteiger partial charge in [0.2, 0.25) is 0 Å². The van der Waals surface area contributed by atoms with Crippen molar-refractivity contribution < 1.29 is 33.3 Å². The lowest BCUT2D eigenvalue weighted by molar-refractivity contribution is -0.141. The third kappa shape index (κ3) is 8.75. The van der Waals surface area contributed by atoms with Crippen LogP contribution in [0.4, 0.5) is 10.5 Å². The molecule has 1 saturated heterocycles. The van der Waals surface area contributed by atoms with Gasteiger partial charge in [-0.05, 0) is 57.6 Å². The van der Waals surface area contributed by atoms with Gasteiger partial charge in [0.25, 0.3) is 5.91 Å². The fourth-order valence-corrected chi connectivity index (χ4v) is 4.87. The molecule has 2 unspecified atom stereocenters. The number of urea groups is 1. The molecule has 0 saturated carbocycles. The van der Waals surface area contributed by atoms with Crippen LogP contribution in [0.1, 0.15) is 69.1 Å². The van der Waals surface area contributed by atoms with Crippen molar-refractivity contribution in [1.82, 2.24) is 4.67 Å². The monoisotopic (exact) mass is 572 g/mol. The Hall–Kier alpha value is -3.00. The Morgan fingerprint density at radius 2 is 1.70 bits per heavy atom. The molecule has 1 aliphatic heterocycles. The first-order valence-electron chi connectivity index (χ1n) is 13.8. The number of amides is 3. The molecule has 2 aromatic carbocycles. The lowest BCUT2D eigenvalue weighted by Crippen LogP contribution is -2.36. The average molecular weight is 573 g/mol. The van der Waals surface area contributed by atoms with E-state index in [1.165, 1.54) is 12.0 Å². The smallest absolute Gasteiger partial charge is 0.334 e. The topological polar surface area (TPSA) is 94.6 Å². The molecule has 1 fully saturated rings. The Morgan fingerprint density at radius 1 is 0.975 bits per heavy atom. The number of anilines is 1. The van der Waals surface area contributed by atoms with Gasteiger partial charge in [-0.25, -0.2) is 9.46 Å². The van der Waals surface area contributed by atoms with E-state index in [2.05, 4.69) is 21.1 Å². The summed E-state index contributed by atoms with van der Waals surface area (Å²) in [5.74, 6) is 0.228. The van der Waals surface area contributed by atoms with Gasteiger partial charge in [-0.2, -0.15) is 0 Å². The Balaban J connectivity index is 1.65. The molecule has 0 spiro atoms. The number of carbonyl (C=O) groups excluding carboxylic acids is 3. The summed E-state index contributed by atoms with van der Waals surface area (Å²) in [5.41, 5.74) is 2.74. The Morgan fingerprint density at radius 3 is 2.35 bits per heavy atom. The van der Waals surface area contributed by atoms with E-state index in [9.17, 15) is 14.4 Å². The van der Waals surface area contributed by atoms with Crippen LogP contribution >= 0.6 is 9.39 Å². The number of methoxy groups -OCH3 is 2. The van der Waals surface area contributed by atoms with E-state index < -0.39 is 12.1 Å². The highest BCUT2D eigenvalue weighted by Gasteiger charge is 2.43. The van der Waals surface area contributed by atoms with Crippen molar-refractivity contribution in [3.8, 4) is 5.75 Å². The SMILES string of the molecule is CCCCCC(OCc1ccc(OC)cc1)c1ccc(N2C(=O)N(P)C(=O)[C@@H]2CCOCCCC(=O)OC)cc1. The van der Waals surface area contributed by atoms with Crippen LogP contribution in [0.5, 0.6) is 5.75 Å². The van der Waals surface area contributed by atoms with Crippen molar-refractivity contribution >= 4 is 33.0 Å². The molecule has 0 bridgehead atoms. The van der Waals surface area contributed by atoms with E-state index in [-0.39, 0.29) is 31.0 Å². The first kappa shape index (κ1) is 31.5. The molecule has 3 amide bonds. The zero-order valence-electron chi connectivity index (χ0n) is 23.7. The van der Waals surface area contributed by atoms with Crippen molar-refractivity contribution in [1.29, 1.82) is 0 Å². The number of esters is 1. The van der Waals surface area contributed by atoms with Crippen molar-refractivity contribution in [3.05, 3.63) is 59.7 Å². The average Bonchev–Trinajstić information content (AvgIpc) is 3.20. The number of carbonyl (C=O) groups is 3. The minimum atomic E-state index is -0.664. The maximum absolute atomic E-state index is 13.0. The van der Waals surface area contributed by atoms with Crippen LogP contribution in [0.15, 0.2) is 48.5 Å². The molecule has 1 aliphatic rings. The molecule has 0 N–H and O–H groups in total. The van der Waals surface area contributed by atoms with Crippen LogP contribution in [-0.4, -0.2) is 56.1 Å². The Kier molecular flexibility index (Phi) is 12.9. The maximum atomic E-state index is 13.0. The molecule has 0 aliphatic carbocycles. The fraction of sp³-hybridized carbons (Fsp3) is 0.500. The number of hydrogen-bond donors (Lipinski definition) is 0. The predicted molar refractivity (Wildman–Crippen MR) is 156 cm³/mol. The highest BCUT2D eigenvalue weighted by molar-refractivity contribution is 7.16. The van der Waals surface area contributed by atoms with Crippen LogP contribution in [-0.2, 0) is 30.4 Å². The van der Waals surface area contributed by atoms with Crippen LogP contribution in [0.3, 0.4) is 0 Å². The van der Waals surface area contributed by atoms with Crippen LogP contribution in [0.2, 0.25) is 0 Å². The van der Waals surface area contributed by atoms with Gasteiger partial charge in [-0.15, -0.1) is 0 Å². The van der Waals surface area contributed by atoms with Crippen LogP contribution in [0.25, 0.3) is 0 Å². The molecule has 0 radical (unpaired) electrons. The summed E-state index contributed by atoms with van der Waals surface area (Å²) >= 11 is 0. The second kappa shape index (κ2) is 16.3. The van der Waals surface area contributed by atoms with Gasteiger partial charge in [-0.3, -0.25) is 14.5 Å². The summed E-state index contributed by atoms with van der Waals surface area (Å²) in [6, 6.07) is 14.5. The van der Waals surface area contributed by atoms with Crippen LogP contribution in [0, 0.1) is 0 Å². The number of rotatable bonds is 17. The first-order chi connectivity index (χ1) is 19.4. The second-order valence-electron chi connectivity index (χ2n) is 9.69. The Labute approximate surface area is 239 Å². The van der Waals surface area contributed by atoms with Gasteiger partial charge >= 0.3 is 12.0 Å². The number of hydrogen-bond acceptors (Lipinski definition) is 7. The van der Waals surface area contributed by atoms with Gasteiger partial charge in [0.1, 0.15) is 11.8 Å². The van der Waals surface area contributed by atoms with Crippen molar-refractivity contribution in [2.24, 2.45) is 0 Å². The Bertz CT molecular complexity index is 1090. The van der Waals surface area contributed by atoms with E-state index >= 15 is 0 Å². The second-order valence-corrected chi connectivity index (χ2v) is 10.2. The molecule has 40 heavy (non-hydrogen) atoms. The van der Waals surface area contributed by atoms with E-state index in [4.69, 9.17) is 14.2 Å². The molecule has 3 rings (SSSR count). The van der Waals surface area contributed by atoms with Crippen molar-refractivity contribution in [3.63, 3.8) is 0 Å². The van der Waals surface area contributed by atoms with Gasteiger partial charge in [0, 0.05) is 31.7 Å². The highest BCUT2D eigenvalue weighted by Crippen LogP contribution is 2.32. The van der Waals surface area contributed by atoms with Crippen molar-refractivity contribution in [2.75, 3.05) is 32.3 Å². The highest BCUT2D eigenvalue weighted by atomic mass is 31.0. The van der Waals surface area contributed by atoms with Gasteiger partial charge < -0.3 is 18.9 Å². The summed E-state index contributed by atoms with van der Waals surface area (Å²) in [5, 5.41) is 0. The quantitative estimate of drug-likeness (QED) is 0.102. The van der Waals surface area contributed by atoms with Crippen molar-refractivity contribution in [2.45, 2.75) is 70.6 Å². The van der Waals surface area contributed by atoms with E-state index in [0.29, 0.717) is 31.7 Å². The molecular formula is C30H41N2O7P. The third-order valence-electron chi connectivity index (χ3n) is 6.90. The molecule has 9 nitrogen and oxygen atoms in total. The third-order valence-corrected chi connectivity index (χ3v) is 7.38. The fourth-order valence-electron chi connectivity index (χ4n) is 4.57. The first-order valence-corrected chi connectivity index (χ1v) is 14.3. The van der Waals surface area contributed by atoms with E-state index in [0.717, 1.165) is 47.2 Å². The molecule has 10 heteroatoms. The summed E-state index contributed by atoms with van der Waals surface area (Å²) in [6.45, 7) is 3.32. The molecular weight excluding hydrogens is 531 g/mol. The number of nitrogens with zero attached hydrogens (tertiary/aromatic N) is 2. The standard InChI is InChI=1S/C30H41N2O7P/c1-4-5-6-8-27(39-21-22-10-16-25(36-2)17-11-22)23-12-14-24(15-13-23)31-26(29(34)32(40)30(31)35)18-20-38-19-7-9-28(33)37-3/h10-17,26-27H,4-9,18-21,40H2,1-3H3/t26-,27?/m0/s1. The van der Waals surface area contributed by atoms with Crippen LogP contribution < -0.4 is 9.64 Å². The summed E-state index contributed by atoms with van der Waals surface area (Å²) in [7, 11) is 5.21.